The fraction of sp³-hybridized carbons (Fsp3) is 0.407. The number of ether oxygens (including phenoxy) is 4. The van der Waals surface area contributed by atoms with Crippen molar-refractivity contribution in [3.63, 3.8) is 0 Å². The third-order valence-corrected chi connectivity index (χ3v) is 6.57. The zero-order valence-electron chi connectivity index (χ0n) is 20.9. The smallest absolute Gasteiger partial charge is 0.295 e. The van der Waals surface area contributed by atoms with Gasteiger partial charge >= 0.3 is 0 Å². The number of likely N-dealkylation sites (tertiary alicyclic amines) is 1. The first kappa shape index (κ1) is 25.5. The number of aliphatic hydroxyl groups excluding tert-OH is 1. The summed E-state index contributed by atoms with van der Waals surface area (Å²) >= 11 is 0. The Labute approximate surface area is 210 Å². The Hall–Kier alpha value is -3.56. The monoisotopic (exact) mass is 496 g/mol. The molecule has 2 aromatic carbocycles. The minimum atomic E-state index is -0.816. The summed E-state index contributed by atoms with van der Waals surface area (Å²) in [5.74, 6) is -0.398. The number of nitrogens with zero attached hydrogens (tertiary/aromatic N) is 2. The van der Waals surface area contributed by atoms with Crippen molar-refractivity contribution in [2.24, 2.45) is 0 Å². The highest BCUT2D eigenvalue weighted by Crippen LogP contribution is 2.45. The Bertz CT molecular complexity index is 1100. The number of ketones is 1. The summed E-state index contributed by atoms with van der Waals surface area (Å²) in [5, 5.41) is 11.2. The molecule has 0 saturated carbocycles. The number of methoxy groups -OCH3 is 3. The predicted molar refractivity (Wildman–Crippen MR) is 133 cm³/mol. The van der Waals surface area contributed by atoms with Gasteiger partial charge in [0.2, 0.25) is 5.75 Å². The molecular formula is C27H32N2O7. The molecule has 0 radical (unpaired) electrons. The first-order valence-corrected chi connectivity index (χ1v) is 11.9. The third-order valence-electron chi connectivity index (χ3n) is 6.57. The average Bonchev–Trinajstić information content (AvgIpc) is 3.17. The van der Waals surface area contributed by atoms with Gasteiger partial charge in [0.1, 0.15) is 5.76 Å². The molecule has 1 unspecified atom stereocenters. The van der Waals surface area contributed by atoms with E-state index >= 15 is 0 Å². The molecule has 192 valence electrons. The lowest BCUT2D eigenvalue weighted by atomic mass is 9.94. The van der Waals surface area contributed by atoms with Crippen LogP contribution in [-0.2, 0) is 14.3 Å². The van der Waals surface area contributed by atoms with Crippen molar-refractivity contribution in [2.45, 2.75) is 12.5 Å². The summed E-state index contributed by atoms with van der Waals surface area (Å²) in [6, 6.07) is 11.4. The molecule has 2 aliphatic rings. The first-order chi connectivity index (χ1) is 17.5. The van der Waals surface area contributed by atoms with Gasteiger partial charge in [-0.2, -0.15) is 0 Å². The van der Waals surface area contributed by atoms with Gasteiger partial charge in [0.15, 0.2) is 11.5 Å². The van der Waals surface area contributed by atoms with E-state index in [4.69, 9.17) is 18.9 Å². The van der Waals surface area contributed by atoms with Crippen molar-refractivity contribution in [3.05, 3.63) is 59.2 Å². The summed E-state index contributed by atoms with van der Waals surface area (Å²) in [4.78, 5) is 30.3. The van der Waals surface area contributed by atoms with Gasteiger partial charge in [-0.1, -0.05) is 30.3 Å². The Morgan fingerprint density at radius 2 is 1.61 bits per heavy atom. The minimum Gasteiger partial charge on any atom is -0.507 e. The van der Waals surface area contributed by atoms with E-state index in [1.54, 1.807) is 36.4 Å². The lowest BCUT2D eigenvalue weighted by molar-refractivity contribution is -0.140. The molecule has 1 atom stereocenters. The van der Waals surface area contributed by atoms with E-state index in [1.807, 2.05) is 6.07 Å². The number of benzene rings is 2. The molecule has 0 aliphatic carbocycles. The predicted octanol–water partition coefficient (Wildman–Crippen LogP) is 2.86. The lowest BCUT2D eigenvalue weighted by Crippen LogP contribution is -2.39. The van der Waals surface area contributed by atoms with Gasteiger partial charge in [-0.3, -0.25) is 14.5 Å². The molecule has 1 amide bonds. The maximum Gasteiger partial charge on any atom is 0.295 e. The van der Waals surface area contributed by atoms with Crippen LogP contribution in [0.15, 0.2) is 48.0 Å². The molecule has 36 heavy (non-hydrogen) atoms. The largest absolute Gasteiger partial charge is 0.507 e. The molecule has 2 saturated heterocycles. The van der Waals surface area contributed by atoms with Gasteiger partial charge in [-0.25, -0.2) is 0 Å². The summed E-state index contributed by atoms with van der Waals surface area (Å²) in [6.45, 7) is 4.16. The van der Waals surface area contributed by atoms with Crippen LogP contribution in [0.5, 0.6) is 17.2 Å². The van der Waals surface area contributed by atoms with Gasteiger partial charge in [0, 0.05) is 31.7 Å². The highest BCUT2D eigenvalue weighted by Gasteiger charge is 2.46. The molecule has 2 heterocycles. The molecule has 1 N–H and O–H groups in total. The highest BCUT2D eigenvalue weighted by atomic mass is 16.5. The molecule has 4 rings (SSSR count). The topological polar surface area (TPSA) is 97.8 Å². The molecule has 0 spiro atoms. The molecule has 2 aliphatic heterocycles. The molecule has 9 heteroatoms. The molecule has 2 fully saturated rings. The number of hydrogen-bond acceptors (Lipinski definition) is 8. The average molecular weight is 497 g/mol. The van der Waals surface area contributed by atoms with Crippen LogP contribution in [0.4, 0.5) is 0 Å². The number of Topliss-reactive ketones (excluding diaryl/α,β-unsaturated/α-hetero) is 1. The van der Waals surface area contributed by atoms with Crippen molar-refractivity contribution in [3.8, 4) is 17.2 Å². The van der Waals surface area contributed by atoms with E-state index in [-0.39, 0.29) is 11.3 Å². The van der Waals surface area contributed by atoms with E-state index in [1.165, 1.54) is 26.2 Å². The highest BCUT2D eigenvalue weighted by molar-refractivity contribution is 6.46. The summed E-state index contributed by atoms with van der Waals surface area (Å²) in [7, 11) is 4.52. The summed E-state index contributed by atoms with van der Waals surface area (Å²) in [5.41, 5.74) is 1.07. The van der Waals surface area contributed by atoms with Crippen molar-refractivity contribution in [2.75, 3.05) is 60.7 Å². The van der Waals surface area contributed by atoms with Crippen LogP contribution in [0.1, 0.15) is 23.6 Å². The molecular weight excluding hydrogens is 464 g/mol. The third kappa shape index (κ3) is 5.03. The van der Waals surface area contributed by atoms with Crippen LogP contribution < -0.4 is 14.2 Å². The zero-order chi connectivity index (χ0) is 25.7. The maximum absolute atomic E-state index is 13.3. The van der Waals surface area contributed by atoms with E-state index in [9.17, 15) is 14.7 Å². The number of rotatable bonds is 9. The van der Waals surface area contributed by atoms with Crippen molar-refractivity contribution in [1.82, 2.24) is 9.80 Å². The van der Waals surface area contributed by atoms with Gasteiger partial charge in [-0.05, 0) is 24.1 Å². The van der Waals surface area contributed by atoms with Gasteiger partial charge < -0.3 is 29.0 Å². The molecule has 0 aromatic heterocycles. The fourth-order valence-electron chi connectivity index (χ4n) is 4.76. The van der Waals surface area contributed by atoms with Gasteiger partial charge in [0.05, 0.1) is 46.2 Å². The Morgan fingerprint density at radius 1 is 0.972 bits per heavy atom. The summed E-state index contributed by atoms with van der Waals surface area (Å²) in [6.07, 6.45) is 0.666. The number of carbonyl (C=O) groups excluding carboxylic acids is 2. The summed E-state index contributed by atoms with van der Waals surface area (Å²) < 4.78 is 21.9. The van der Waals surface area contributed by atoms with E-state index in [0.29, 0.717) is 54.6 Å². The van der Waals surface area contributed by atoms with Crippen LogP contribution in [0.25, 0.3) is 5.76 Å². The molecule has 0 bridgehead atoms. The van der Waals surface area contributed by atoms with E-state index in [0.717, 1.165) is 19.6 Å². The number of amides is 1. The van der Waals surface area contributed by atoms with Gasteiger partial charge in [0.25, 0.3) is 11.7 Å². The number of carbonyl (C=O) groups is 2. The van der Waals surface area contributed by atoms with Crippen LogP contribution in [0, 0.1) is 0 Å². The minimum absolute atomic E-state index is 0.0341. The Morgan fingerprint density at radius 3 is 2.19 bits per heavy atom. The number of aliphatic hydroxyl groups is 1. The zero-order valence-corrected chi connectivity index (χ0v) is 20.9. The second kappa shape index (κ2) is 11.5. The maximum atomic E-state index is 13.3. The van der Waals surface area contributed by atoms with E-state index < -0.39 is 17.7 Å². The standard InChI is InChI=1S/C27H32N2O7/c1-33-20-16-19(17-21(34-2)26(20)35-3)23-22(24(30)18-8-5-4-6-9-18)25(31)27(32)29(23)11-7-10-28-12-14-36-15-13-28/h4-6,8-9,16-17,23,30H,7,10-15H2,1-3H3. The van der Waals surface area contributed by atoms with Gasteiger partial charge in [-0.15, -0.1) is 0 Å². The first-order valence-electron chi connectivity index (χ1n) is 11.9. The number of hydrogen-bond donors (Lipinski definition) is 1. The Balaban J connectivity index is 1.76. The second-order valence-electron chi connectivity index (χ2n) is 8.62. The molecule has 2 aromatic rings. The van der Waals surface area contributed by atoms with Crippen molar-refractivity contribution >= 4 is 17.4 Å². The lowest BCUT2D eigenvalue weighted by Gasteiger charge is -2.29. The van der Waals surface area contributed by atoms with Crippen LogP contribution in [0.2, 0.25) is 0 Å². The SMILES string of the molecule is COc1cc(C2C(=C(O)c3ccccc3)C(=O)C(=O)N2CCCN2CCOCC2)cc(OC)c1OC. The number of morpholine rings is 1. The normalized spacial score (nSPS) is 20.0. The fourth-order valence-corrected chi connectivity index (χ4v) is 4.76. The van der Waals surface area contributed by atoms with E-state index in [2.05, 4.69) is 4.90 Å². The second-order valence-corrected chi connectivity index (χ2v) is 8.62. The van der Waals surface area contributed by atoms with Crippen LogP contribution in [0.3, 0.4) is 0 Å². The quantitative estimate of drug-likeness (QED) is 0.322. The molecule has 9 nitrogen and oxygen atoms in total. The van der Waals surface area contributed by atoms with Crippen molar-refractivity contribution < 1.29 is 33.6 Å². The van der Waals surface area contributed by atoms with Crippen LogP contribution in [-0.4, -0.2) is 87.3 Å². The van der Waals surface area contributed by atoms with Crippen molar-refractivity contribution in [1.29, 1.82) is 0 Å². The van der Waals surface area contributed by atoms with Crippen LogP contribution >= 0.6 is 0 Å². The Kier molecular flexibility index (Phi) is 8.12.